The molecule has 0 N–H and O–H groups in total. The van der Waals surface area contributed by atoms with Crippen molar-refractivity contribution in [3.63, 3.8) is 0 Å². The first kappa shape index (κ1) is 13.6. The molecule has 0 saturated heterocycles. The van der Waals surface area contributed by atoms with Gasteiger partial charge in [0, 0.05) is 12.5 Å². The maximum Gasteiger partial charge on any atom is 0.306 e. The first-order valence-corrected chi connectivity index (χ1v) is 5.79. The monoisotopic (exact) mass is 235 g/mol. The fourth-order valence-corrected chi connectivity index (χ4v) is 1.26. The normalized spacial score (nSPS) is 11.0. The van der Waals surface area contributed by atoms with Gasteiger partial charge in [0.25, 0.3) is 0 Å². The standard InChI is InChI=1S/C14H19O3/c1-14(2,3)17-13(15)10-7-11-16-12-8-5-4-6-9-12/h4-6,8H,7,10-11H2,1-3H3. The molecule has 0 aliphatic heterocycles. The molecule has 0 saturated carbocycles. The van der Waals surface area contributed by atoms with Crippen molar-refractivity contribution in [1.82, 2.24) is 0 Å². The molecule has 0 aliphatic carbocycles. The van der Waals surface area contributed by atoms with E-state index in [1.54, 1.807) is 6.07 Å². The predicted molar refractivity (Wildman–Crippen MR) is 65.9 cm³/mol. The van der Waals surface area contributed by atoms with Gasteiger partial charge in [0.15, 0.2) is 0 Å². The molecule has 0 fully saturated rings. The van der Waals surface area contributed by atoms with E-state index in [1.807, 2.05) is 39.0 Å². The van der Waals surface area contributed by atoms with E-state index in [4.69, 9.17) is 9.47 Å². The number of hydrogen-bond donors (Lipinski definition) is 0. The van der Waals surface area contributed by atoms with E-state index in [0.717, 1.165) is 0 Å². The van der Waals surface area contributed by atoms with Crippen LogP contribution >= 0.6 is 0 Å². The summed E-state index contributed by atoms with van der Waals surface area (Å²) in [6.45, 7) is 6.08. The Kier molecular flexibility index (Phi) is 5.01. The van der Waals surface area contributed by atoms with Crippen LogP contribution in [0.15, 0.2) is 24.3 Å². The van der Waals surface area contributed by atoms with Crippen molar-refractivity contribution < 1.29 is 14.3 Å². The Morgan fingerprint density at radius 3 is 2.71 bits per heavy atom. The molecule has 0 atom stereocenters. The highest BCUT2D eigenvalue weighted by atomic mass is 16.6. The van der Waals surface area contributed by atoms with Crippen LogP contribution in [0.1, 0.15) is 33.6 Å². The van der Waals surface area contributed by atoms with E-state index in [9.17, 15) is 4.79 Å². The van der Waals surface area contributed by atoms with E-state index in [1.165, 1.54) is 0 Å². The Bertz CT molecular complexity index is 338. The van der Waals surface area contributed by atoms with Crippen molar-refractivity contribution in [2.45, 2.75) is 39.2 Å². The molecule has 0 spiro atoms. The first-order valence-electron chi connectivity index (χ1n) is 5.79. The third-order valence-electron chi connectivity index (χ3n) is 1.88. The molecule has 0 bridgehead atoms. The van der Waals surface area contributed by atoms with Crippen LogP contribution in [0.2, 0.25) is 0 Å². The summed E-state index contributed by atoms with van der Waals surface area (Å²) in [5, 5.41) is 0. The van der Waals surface area contributed by atoms with Gasteiger partial charge in [-0.2, -0.15) is 0 Å². The molecule has 0 unspecified atom stereocenters. The summed E-state index contributed by atoms with van der Waals surface area (Å²) in [6.07, 6.45) is 1.03. The third kappa shape index (κ3) is 6.61. The maximum absolute atomic E-state index is 11.4. The van der Waals surface area contributed by atoms with Crippen LogP contribution in [0.5, 0.6) is 5.75 Å². The lowest BCUT2D eigenvalue weighted by atomic mass is 10.2. The maximum atomic E-state index is 11.4. The van der Waals surface area contributed by atoms with E-state index in [2.05, 4.69) is 6.07 Å². The van der Waals surface area contributed by atoms with Crippen molar-refractivity contribution >= 4 is 5.97 Å². The molecule has 17 heavy (non-hydrogen) atoms. The zero-order chi connectivity index (χ0) is 12.7. The third-order valence-corrected chi connectivity index (χ3v) is 1.88. The van der Waals surface area contributed by atoms with Gasteiger partial charge in [-0.25, -0.2) is 0 Å². The number of carbonyl (C=O) groups excluding carboxylic acids is 1. The number of rotatable bonds is 5. The molecule has 0 aliphatic rings. The van der Waals surface area contributed by atoms with Gasteiger partial charge in [-0.15, -0.1) is 0 Å². The van der Waals surface area contributed by atoms with Gasteiger partial charge in [0.05, 0.1) is 6.61 Å². The lowest BCUT2D eigenvalue weighted by Gasteiger charge is -2.19. The average molecular weight is 235 g/mol. The largest absolute Gasteiger partial charge is 0.493 e. The van der Waals surface area contributed by atoms with Gasteiger partial charge >= 0.3 is 5.97 Å². The Labute approximate surface area is 103 Å². The summed E-state index contributed by atoms with van der Waals surface area (Å²) < 4.78 is 10.6. The van der Waals surface area contributed by atoms with E-state index in [-0.39, 0.29) is 5.97 Å². The smallest absolute Gasteiger partial charge is 0.306 e. The van der Waals surface area contributed by atoms with Crippen LogP contribution in [0, 0.1) is 6.07 Å². The minimum Gasteiger partial charge on any atom is -0.493 e. The minimum atomic E-state index is -0.412. The molecular weight excluding hydrogens is 216 g/mol. The van der Waals surface area contributed by atoms with Crippen LogP contribution in [0.4, 0.5) is 0 Å². The van der Waals surface area contributed by atoms with E-state index >= 15 is 0 Å². The molecule has 0 heterocycles. The highest BCUT2D eigenvalue weighted by molar-refractivity contribution is 5.69. The summed E-state index contributed by atoms with van der Waals surface area (Å²) in [6, 6.07) is 10.4. The Hall–Kier alpha value is -1.51. The molecule has 1 radical (unpaired) electrons. The molecular formula is C14H19O3. The van der Waals surface area contributed by atoms with Crippen molar-refractivity contribution in [3.8, 4) is 5.75 Å². The molecule has 1 aromatic carbocycles. The van der Waals surface area contributed by atoms with Gasteiger partial charge in [-0.1, -0.05) is 18.2 Å². The highest BCUT2D eigenvalue weighted by Gasteiger charge is 2.15. The van der Waals surface area contributed by atoms with Gasteiger partial charge in [0.2, 0.25) is 0 Å². The van der Waals surface area contributed by atoms with Crippen LogP contribution in [-0.4, -0.2) is 18.2 Å². The number of esters is 1. The Morgan fingerprint density at radius 2 is 2.12 bits per heavy atom. The molecule has 93 valence electrons. The summed E-state index contributed by atoms with van der Waals surface area (Å²) in [4.78, 5) is 11.4. The minimum absolute atomic E-state index is 0.182. The molecule has 0 aromatic heterocycles. The van der Waals surface area contributed by atoms with Crippen LogP contribution in [0.3, 0.4) is 0 Å². The zero-order valence-electron chi connectivity index (χ0n) is 10.7. The molecule has 1 aromatic rings. The van der Waals surface area contributed by atoms with Crippen LogP contribution in [-0.2, 0) is 9.53 Å². The van der Waals surface area contributed by atoms with Crippen molar-refractivity contribution in [1.29, 1.82) is 0 Å². The van der Waals surface area contributed by atoms with E-state index < -0.39 is 5.60 Å². The van der Waals surface area contributed by atoms with Gasteiger partial charge in [-0.05, 0) is 33.3 Å². The lowest BCUT2D eigenvalue weighted by Crippen LogP contribution is -2.23. The Morgan fingerprint density at radius 1 is 1.35 bits per heavy atom. The predicted octanol–water partition coefficient (Wildman–Crippen LogP) is 2.99. The Balaban J connectivity index is 2.14. The number of carbonyl (C=O) groups is 1. The lowest BCUT2D eigenvalue weighted by molar-refractivity contribution is -0.155. The SMILES string of the molecule is CC(C)(C)OC(=O)CCCOc1[c]cccc1. The van der Waals surface area contributed by atoms with Crippen molar-refractivity contribution in [2.24, 2.45) is 0 Å². The second kappa shape index (κ2) is 6.28. The second-order valence-electron chi connectivity index (χ2n) is 4.77. The fraction of sp³-hybridized carbons (Fsp3) is 0.500. The number of ether oxygens (including phenoxy) is 2. The van der Waals surface area contributed by atoms with Crippen molar-refractivity contribution in [2.75, 3.05) is 6.61 Å². The zero-order valence-corrected chi connectivity index (χ0v) is 10.7. The average Bonchev–Trinajstić information content (AvgIpc) is 2.23. The van der Waals surface area contributed by atoms with Gasteiger partial charge in [-0.3, -0.25) is 4.79 Å². The second-order valence-corrected chi connectivity index (χ2v) is 4.77. The number of hydrogen-bond acceptors (Lipinski definition) is 3. The van der Waals surface area contributed by atoms with Crippen molar-refractivity contribution in [3.05, 3.63) is 30.3 Å². The summed E-state index contributed by atoms with van der Waals surface area (Å²) in [5.41, 5.74) is -0.412. The quantitative estimate of drug-likeness (QED) is 0.581. The molecule has 3 nitrogen and oxygen atoms in total. The number of para-hydroxylation sites is 1. The molecule has 1 rings (SSSR count). The highest BCUT2D eigenvalue weighted by Crippen LogP contribution is 2.10. The summed E-state index contributed by atoms with van der Waals surface area (Å²) in [5.74, 6) is 0.523. The number of benzene rings is 1. The topological polar surface area (TPSA) is 35.5 Å². The summed E-state index contributed by atoms with van der Waals surface area (Å²) >= 11 is 0. The summed E-state index contributed by atoms with van der Waals surface area (Å²) in [7, 11) is 0. The van der Waals surface area contributed by atoms with E-state index in [0.29, 0.717) is 25.2 Å². The molecule has 0 amide bonds. The molecule has 3 heteroatoms. The van der Waals surface area contributed by atoms with Gasteiger partial charge < -0.3 is 9.47 Å². The van der Waals surface area contributed by atoms with Crippen LogP contribution in [0.25, 0.3) is 0 Å². The van der Waals surface area contributed by atoms with Gasteiger partial charge in [0.1, 0.15) is 11.4 Å². The fourth-order valence-electron chi connectivity index (χ4n) is 1.26. The first-order chi connectivity index (χ1) is 7.97. The van der Waals surface area contributed by atoms with Crippen LogP contribution < -0.4 is 4.74 Å².